The van der Waals surface area contributed by atoms with Gasteiger partial charge in [0.05, 0.1) is 16.0 Å². The Kier molecular flexibility index (Phi) is 5.41. The van der Waals surface area contributed by atoms with Gasteiger partial charge in [-0.25, -0.2) is 4.98 Å². The first-order valence-electron chi connectivity index (χ1n) is 10.4. The predicted molar refractivity (Wildman–Crippen MR) is 135 cm³/mol. The van der Waals surface area contributed by atoms with Gasteiger partial charge in [0.1, 0.15) is 4.83 Å². The Morgan fingerprint density at radius 3 is 2.50 bits per heavy atom. The van der Waals surface area contributed by atoms with E-state index in [0.717, 1.165) is 11.1 Å². The van der Waals surface area contributed by atoms with E-state index in [1.54, 1.807) is 13.0 Å². The molecule has 0 fully saturated rings. The molecule has 2 aromatic carbocycles. The van der Waals surface area contributed by atoms with Crippen LogP contribution in [0.15, 0.2) is 51.5 Å². The van der Waals surface area contributed by atoms with Crippen molar-refractivity contribution in [2.75, 3.05) is 11.1 Å². The van der Waals surface area contributed by atoms with Crippen LogP contribution in [0.4, 0.5) is 5.69 Å². The molecule has 1 aliphatic rings. The van der Waals surface area contributed by atoms with Crippen molar-refractivity contribution < 1.29 is 15.0 Å². The van der Waals surface area contributed by atoms with Crippen LogP contribution in [0.5, 0.6) is 11.5 Å². The van der Waals surface area contributed by atoms with Gasteiger partial charge in [0, 0.05) is 17.0 Å². The highest BCUT2D eigenvalue weighted by molar-refractivity contribution is 7.99. The van der Waals surface area contributed by atoms with Crippen molar-refractivity contribution in [2.24, 2.45) is 5.10 Å². The predicted octanol–water partition coefficient (Wildman–Crippen LogP) is 4.40. The fourth-order valence-electron chi connectivity index (χ4n) is 3.92. The number of phenols is 2. The summed E-state index contributed by atoms with van der Waals surface area (Å²) in [5, 5.41) is 27.6. The summed E-state index contributed by atoms with van der Waals surface area (Å²) >= 11 is 2.53. The van der Waals surface area contributed by atoms with Gasteiger partial charge in [-0.05, 0) is 67.8 Å². The summed E-state index contributed by atoms with van der Waals surface area (Å²) in [6.45, 7) is 5.67. The van der Waals surface area contributed by atoms with E-state index < -0.39 is 0 Å². The molecule has 0 unspecified atom stereocenters. The Morgan fingerprint density at radius 2 is 1.79 bits per heavy atom. The molecule has 8 nitrogen and oxygen atoms in total. The molecular weight excluding hydrogens is 472 g/mol. The van der Waals surface area contributed by atoms with Gasteiger partial charge in [-0.2, -0.15) is 9.78 Å². The third-order valence-corrected chi connectivity index (χ3v) is 7.59. The molecule has 0 spiro atoms. The molecule has 5 rings (SSSR count). The fraction of sp³-hybridized carbons (Fsp3) is 0.167. The Balaban J connectivity index is 1.56. The van der Waals surface area contributed by atoms with E-state index in [9.17, 15) is 19.8 Å². The fourth-order valence-corrected chi connectivity index (χ4v) is 5.93. The molecule has 34 heavy (non-hydrogen) atoms. The largest absolute Gasteiger partial charge is 0.504 e. The van der Waals surface area contributed by atoms with Gasteiger partial charge in [-0.15, -0.1) is 11.3 Å². The van der Waals surface area contributed by atoms with Crippen molar-refractivity contribution in [3.63, 3.8) is 0 Å². The van der Waals surface area contributed by atoms with Gasteiger partial charge in [0.2, 0.25) is 0 Å². The smallest absolute Gasteiger partial charge is 0.283 e. The number of rotatable bonds is 3. The number of carbonyl (C=O) groups excluding carboxylic acids is 1. The van der Waals surface area contributed by atoms with Crippen LogP contribution in [0.2, 0.25) is 0 Å². The van der Waals surface area contributed by atoms with Crippen LogP contribution >= 0.6 is 23.1 Å². The monoisotopic (exact) mass is 492 g/mol. The van der Waals surface area contributed by atoms with Gasteiger partial charge in [-0.3, -0.25) is 9.59 Å². The number of hydrogen-bond donors (Lipinski definition) is 3. The molecule has 2 aromatic heterocycles. The topological polar surface area (TPSA) is 117 Å². The second-order valence-electron chi connectivity index (χ2n) is 8.12. The van der Waals surface area contributed by atoms with E-state index in [4.69, 9.17) is 0 Å². The minimum absolute atomic E-state index is 0.228. The molecule has 0 radical (unpaired) electrons. The zero-order valence-electron chi connectivity index (χ0n) is 18.5. The Hall–Kier alpha value is -3.63. The van der Waals surface area contributed by atoms with Crippen molar-refractivity contribution in [3.8, 4) is 11.5 Å². The molecule has 172 valence electrons. The van der Waals surface area contributed by atoms with Crippen molar-refractivity contribution >= 4 is 50.6 Å². The Labute approximate surface area is 202 Å². The van der Waals surface area contributed by atoms with E-state index >= 15 is 0 Å². The number of nitrogens with zero attached hydrogens (tertiary/aromatic N) is 3. The van der Waals surface area contributed by atoms with E-state index in [1.165, 1.54) is 39.9 Å². The zero-order valence-corrected chi connectivity index (χ0v) is 20.2. The number of amides is 1. The van der Waals surface area contributed by atoms with Crippen molar-refractivity contribution in [2.45, 2.75) is 25.9 Å². The van der Waals surface area contributed by atoms with Crippen LogP contribution < -0.4 is 10.9 Å². The number of fused-ring (bicyclic) bond motifs is 2. The highest BCUT2D eigenvalue weighted by Gasteiger charge is 2.24. The number of aromatic nitrogens is 2. The lowest BCUT2D eigenvalue weighted by Gasteiger charge is -2.16. The van der Waals surface area contributed by atoms with E-state index in [0.29, 0.717) is 48.5 Å². The minimum Gasteiger partial charge on any atom is -0.504 e. The number of anilines is 1. The third-order valence-electron chi connectivity index (χ3n) is 5.47. The molecule has 4 aromatic rings. The molecule has 0 bridgehead atoms. The summed E-state index contributed by atoms with van der Waals surface area (Å²) in [6.07, 6.45) is 0. The van der Waals surface area contributed by atoms with Gasteiger partial charge < -0.3 is 15.5 Å². The van der Waals surface area contributed by atoms with Crippen molar-refractivity contribution in [1.82, 2.24) is 9.66 Å². The van der Waals surface area contributed by atoms with E-state index in [2.05, 4.69) is 15.4 Å². The van der Waals surface area contributed by atoms with Crippen LogP contribution in [-0.2, 0) is 0 Å². The molecule has 1 amide bonds. The first kappa shape index (κ1) is 22.2. The Bertz CT molecular complexity index is 1570. The number of thioether (sulfide) groups is 1. The standard InChI is InChI=1S/C24H20N4O4S2/c1-11-6-12(2)8-15(7-11)25-21(31)20-13(3)19-22(34-20)26-24-28(23(19)32)27-16(10-33-24)14-4-5-17(29)18(30)9-14/h4-9,29-30H,10H2,1-3H3,(H,25,31). The number of nitrogens with one attached hydrogen (secondary N) is 1. The number of carbonyl (C=O) groups is 1. The van der Waals surface area contributed by atoms with Crippen molar-refractivity contribution in [1.29, 1.82) is 0 Å². The number of hydrogen-bond acceptors (Lipinski definition) is 8. The average Bonchev–Trinajstić information content (AvgIpc) is 3.11. The zero-order chi connectivity index (χ0) is 24.1. The van der Waals surface area contributed by atoms with Crippen LogP contribution in [-0.4, -0.2) is 37.2 Å². The quantitative estimate of drug-likeness (QED) is 0.288. The van der Waals surface area contributed by atoms with Gasteiger partial charge >= 0.3 is 0 Å². The lowest BCUT2D eigenvalue weighted by atomic mass is 10.1. The average molecular weight is 493 g/mol. The summed E-state index contributed by atoms with van der Waals surface area (Å²) < 4.78 is 1.24. The molecule has 10 heteroatoms. The van der Waals surface area contributed by atoms with Gasteiger partial charge in [0.25, 0.3) is 11.5 Å². The first-order valence-corrected chi connectivity index (χ1v) is 12.2. The maximum absolute atomic E-state index is 13.4. The van der Waals surface area contributed by atoms with Crippen LogP contribution in [0.3, 0.4) is 0 Å². The molecule has 0 saturated carbocycles. The minimum atomic E-state index is -0.355. The normalized spacial score (nSPS) is 13.0. The lowest BCUT2D eigenvalue weighted by Crippen LogP contribution is -2.25. The SMILES string of the molecule is Cc1cc(C)cc(NC(=O)c2sc3nc4n(c(=O)c3c2C)N=C(c2ccc(O)c(O)c2)CS4)c1. The van der Waals surface area contributed by atoms with Gasteiger partial charge in [0.15, 0.2) is 16.7 Å². The lowest BCUT2D eigenvalue weighted by molar-refractivity contribution is 0.103. The number of phenolic OH excluding ortho intramolecular Hbond substituents is 2. The molecule has 3 N–H and O–H groups in total. The molecule has 1 aliphatic heterocycles. The van der Waals surface area contributed by atoms with E-state index in [-0.39, 0.29) is 23.0 Å². The number of aryl methyl sites for hydroxylation is 3. The molecule has 3 heterocycles. The highest BCUT2D eigenvalue weighted by atomic mass is 32.2. The molecule has 0 aliphatic carbocycles. The number of thiophene rings is 1. The van der Waals surface area contributed by atoms with Crippen molar-refractivity contribution in [3.05, 3.63) is 73.9 Å². The summed E-state index contributed by atoms with van der Waals surface area (Å²) in [7, 11) is 0. The second kappa shape index (κ2) is 8.30. The van der Waals surface area contributed by atoms with Crippen LogP contribution in [0.1, 0.15) is 31.9 Å². The summed E-state index contributed by atoms with van der Waals surface area (Å²) in [6, 6.07) is 10.2. The molecular formula is C24H20N4O4S2. The maximum atomic E-state index is 13.4. The third kappa shape index (κ3) is 3.84. The molecule has 0 saturated heterocycles. The summed E-state index contributed by atoms with van der Waals surface area (Å²) in [5.41, 5.74) is 4.15. The van der Waals surface area contributed by atoms with Crippen LogP contribution in [0, 0.1) is 20.8 Å². The van der Waals surface area contributed by atoms with Gasteiger partial charge in [-0.1, -0.05) is 17.8 Å². The Morgan fingerprint density at radius 1 is 1.06 bits per heavy atom. The summed E-state index contributed by atoms with van der Waals surface area (Å²) in [5.74, 6) is -0.337. The van der Waals surface area contributed by atoms with E-state index in [1.807, 2.05) is 32.0 Å². The van der Waals surface area contributed by atoms with Crippen LogP contribution in [0.25, 0.3) is 10.2 Å². The number of benzene rings is 2. The number of aromatic hydroxyl groups is 2. The second-order valence-corrected chi connectivity index (χ2v) is 10.1. The molecule has 0 atom stereocenters. The summed E-state index contributed by atoms with van der Waals surface area (Å²) in [4.78, 5) is 31.9. The highest BCUT2D eigenvalue weighted by Crippen LogP contribution is 2.32. The first-order chi connectivity index (χ1) is 16.2. The maximum Gasteiger partial charge on any atom is 0.283 e.